The first-order chi connectivity index (χ1) is 11.5. The van der Waals surface area contributed by atoms with Gasteiger partial charge in [0.05, 0.1) is 4.92 Å². The number of benzene rings is 1. The Morgan fingerprint density at radius 3 is 2.67 bits per heavy atom. The summed E-state index contributed by atoms with van der Waals surface area (Å²) in [6.45, 7) is 2.22. The molecule has 5 nitrogen and oxygen atoms in total. The van der Waals surface area contributed by atoms with Gasteiger partial charge in [0.1, 0.15) is 5.56 Å². The van der Waals surface area contributed by atoms with E-state index in [2.05, 4.69) is 13.0 Å². The van der Waals surface area contributed by atoms with Crippen molar-refractivity contribution in [1.82, 2.24) is 0 Å². The molecule has 4 atom stereocenters. The van der Waals surface area contributed by atoms with Gasteiger partial charge in [0.2, 0.25) is 0 Å². The van der Waals surface area contributed by atoms with Crippen LogP contribution >= 0.6 is 0 Å². The topological polar surface area (TPSA) is 77.3 Å². The van der Waals surface area contributed by atoms with E-state index in [0.717, 1.165) is 19.3 Å². The fourth-order valence-corrected chi connectivity index (χ4v) is 4.81. The third kappa shape index (κ3) is 2.07. The predicted octanol–water partition coefficient (Wildman–Crippen LogP) is 3.97. The zero-order valence-corrected chi connectivity index (χ0v) is 13.5. The number of hydrogen-bond acceptors (Lipinski definition) is 4. The monoisotopic (exact) mass is 325 g/mol. The maximum Gasteiger partial charge on any atom is 0.280 e. The van der Waals surface area contributed by atoms with Crippen LogP contribution in [0.4, 0.5) is 5.69 Å². The Labute approximate surface area is 139 Å². The van der Waals surface area contributed by atoms with Crippen LogP contribution in [-0.2, 0) is 0 Å². The van der Waals surface area contributed by atoms with Crippen LogP contribution in [-0.4, -0.2) is 16.5 Å². The van der Waals surface area contributed by atoms with Crippen LogP contribution < -0.4 is 0 Å². The lowest BCUT2D eigenvalue weighted by atomic mass is 9.59. The number of allylic oxidation sites excluding steroid dienone is 2. The van der Waals surface area contributed by atoms with Crippen LogP contribution in [0.3, 0.4) is 0 Å². The minimum absolute atomic E-state index is 0.0229. The second-order valence-corrected chi connectivity index (χ2v) is 7.33. The number of carbonyl (C=O) groups excluding carboxylic acids is 2. The molecule has 0 saturated heterocycles. The first-order valence-corrected chi connectivity index (χ1v) is 8.53. The van der Waals surface area contributed by atoms with Crippen molar-refractivity contribution in [2.24, 2.45) is 23.7 Å². The second-order valence-electron chi connectivity index (χ2n) is 7.33. The first-order valence-electron chi connectivity index (χ1n) is 8.53. The van der Waals surface area contributed by atoms with E-state index in [1.165, 1.54) is 17.7 Å². The molecule has 1 aromatic carbocycles. The smallest absolute Gasteiger partial charge is 0.280 e. The van der Waals surface area contributed by atoms with Crippen molar-refractivity contribution in [2.75, 3.05) is 0 Å². The molecule has 24 heavy (non-hydrogen) atoms. The molecule has 0 bridgehead atoms. The SMILES string of the molecule is CC1CCC2C(=CCC3C(=O)c4c(cccc4[N+](=O)[O-])C(=O)C32)C1. The van der Waals surface area contributed by atoms with Gasteiger partial charge in [-0.2, -0.15) is 0 Å². The average Bonchev–Trinajstić information content (AvgIpc) is 2.57. The molecule has 0 amide bonds. The number of Topliss-reactive ketones (excluding diaryl/α,β-unsaturated/α-hetero) is 2. The number of fused-ring (bicyclic) bond motifs is 4. The molecular weight excluding hydrogens is 306 g/mol. The molecule has 1 aromatic rings. The van der Waals surface area contributed by atoms with Gasteiger partial charge in [-0.3, -0.25) is 19.7 Å². The summed E-state index contributed by atoms with van der Waals surface area (Å²) in [4.78, 5) is 36.8. The Morgan fingerprint density at radius 1 is 1.12 bits per heavy atom. The average molecular weight is 325 g/mol. The minimum atomic E-state index is -0.559. The Balaban J connectivity index is 1.83. The van der Waals surface area contributed by atoms with Crippen molar-refractivity contribution in [1.29, 1.82) is 0 Å². The van der Waals surface area contributed by atoms with E-state index in [4.69, 9.17) is 0 Å². The van der Waals surface area contributed by atoms with Gasteiger partial charge in [0.15, 0.2) is 11.6 Å². The van der Waals surface area contributed by atoms with Gasteiger partial charge in [-0.15, -0.1) is 0 Å². The van der Waals surface area contributed by atoms with E-state index in [0.29, 0.717) is 12.3 Å². The Hall–Kier alpha value is -2.30. The Bertz CT molecular complexity index is 795. The normalized spacial score (nSPS) is 31.6. The van der Waals surface area contributed by atoms with Crippen molar-refractivity contribution in [3.05, 3.63) is 51.1 Å². The molecule has 0 aliphatic heterocycles. The van der Waals surface area contributed by atoms with Crippen molar-refractivity contribution in [3.63, 3.8) is 0 Å². The molecule has 3 aliphatic rings. The molecule has 0 radical (unpaired) electrons. The summed E-state index contributed by atoms with van der Waals surface area (Å²) < 4.78 is 0. The summed E-state index contributed by atoms with van der Waals surface area (Å²) >= 11 is 0. The van der Waals surface area contributed by atoms with E-state index in [-0.39, 0.29) is 40.2 Å². The first kappa shape index (κ1) is 15.2. The predicted molar refractivity (Wildman–Crippen MR) is 87.9 cm³/mol. The molecule has 124 valence electrons. The van der Waals surface area contributed by atoms with Crippen molar-refractivity contribution in [2.45, 2.75) is 32.6 Å². The zero-order valence-electron chi connectivity index (χ0n) is 13.5. The van der Waals surface area contributed by atoms with E-state index in [9.17, 15) is 19.7 Å². The number of nitro groups is 1. The standard InChI is InChI=1S/C19H19NO4/c1-10-5-7-12-11(9-10)6-8-14-16(12)18(21)13-3-2-4-15(20(23)24)17(13)19(14)22/h2-4,6,10,12,14,16H,5,7-9H2,1H3. The number of ketones is 2. The highest BCUT2D eigenvalue weighted by Gasteiger charge is 2.50. The van der Waals surface area contributed by atoms with Gasteiger partial charge < -0.3 is 0 Å². The van der Waals surface area contributed by atoms with Gasteiger partial charge in [0, 0.05) is 23.5 Å². The van der Waals surface area contributed by atoms with Gasteiger partial charge in [0.25, 0.3) is 5.69 Å². The van der Waals surface area contributed by atoms with Crippen molar-refractivity contribution >= 4 is 17.3 Å². The fourth-order valence-electron chi connectivity index (χ4n) is 4.81. The summed E-state index contributed by atoms with van der Waals surface area (Å²) in [5.41, 5.74) is 1.34. The van der Waals surface area contributed by atoms with Gasteiger partial charge >= 0.3 is 0 Å². The van der Waals surface area contributed by atoms with Crippen LogP contribution in [0, 0.1) is 33.8 Å². The quantitative estimate of drug-likeness (QED) is 0.444. The van der Waals surface area contributed by atoms with Crippen molar-refractivity contribution < 1.29 is 14.5 Å². The maximum atomic E-state index is 13.1. The molecule has 3 aliphatic carbocycles. The van der Waals surface area contributed by atoms with E-state index in [1.54, 1.807) is 6.07 Å². The fraction of sp³-hybridized carbons (Fsp3) is 0.474. The summed E-state index contributed by atoms with van der Waals surface area (Å²) in [6, 6.07) is 4.39. The van der Waals surface area contributed by atoms with Crippen molar-refractivity contribution in [3.8, 4) is 0 Å². The number of nitrogens with zero attached hydrogens (tertiary/aromatic N) is 1. The molecule has 0 spiro atoms. The largest absolute Gasteiger partial charge is 0.294 e. The van der Waals surface area contributed by atoms with Gasteiger partial charge in [-0.25, -0.2) is 0 Å². The number of hydrogen-bond donors (Lipinski definition) is 0. The third-order valence-electron chi connectivity index (χ3n) is 5.92. The summed E-state index contributed by atoms with van der Waals surface area (Å²) in [5.74, 6) is -0.331. The van der Waals surface area contributed by atoms with Gasteiger partial charge in [-0.05, 0) is 37.5 Å². The van der Waals surface area contributed by atoms with Crippen LogP contribution in [0.25, 0.3) is 0 Å². The lowest BCUT2D eigenvalue weighted by Crippen LogP contribution is -2.44. The Morgan fingerprint density at radius 2 is 1.92 bits per heavy atom. The minimum Gasteiger partial charge on any atom is -0.294 e. The summed E-state index contributed by atoms with van der Waals surface area (Å²) in [6.07, 6.45) is 5.63. The van der Waals surface area contributed by atoms with Crippen LogP contribution in [0.1, 0.15) is 53.3 Å². The highest BCUT2D eigenvalue weighted by atomic mass is 16.6. The summed E-state index contributed by atoms with van der Waals surface area (Å²) in [7, 11) is 0. The Kier molecular flexibility index (Phi) is 3.41. The molecule has 1 saturated carbocycles. The lowest BCUT2D eigenvalue weighted by Gasteiger charge is -2.43. The molecule has 0 N–H and O–H groups in total. The zero-order chi connectivity index (χ0) is 17.0. The highest BCUT2D eigenvalue weighted by molar-refractivity contribution is 6.18. The second kappa shape index (κ2) is 5.36. The number of carbonyl (C=O) groups is 2. The molecule has 0 heterocycles. The molecule has 4 rings (SSSR count). The summed E-state index contributed by atoms with van der Waals surface area (Å²) in [5, 5.41) is 11.3. The molecule has 5 heteroatoms. The van der Waals surface area contributed by atoms with E-state index < -0.39 is 10.8 Å². The van der Waals surface area contributed by atoms with Crippen LogP contribution in [0.15, 0.2) is 29.8 Å². The number of nitro benzene ring substituents is 1. The maximum absolute atomic E-state index is 13.1. The van der Waals surface area contributed by atoms with E-state index >= 15 is 0 Å². The van der Waals surface area contributed by atoms with Crippen LogP contribution in [0.2, 0.25) is 0 Å². The van der Waals surface area contributed by atoms with E-state index in [1.807, 2.05) is 0 Å². The highest BCUT2D eigenvalue weighted by Crippen LogP contribution is 2.49. The molecule has 0 aromatic heterocycles. The molecular formula is C19H19NO4. The third-order valence-corrected chi connectivity index (χ3v) is 5.92. The van der Waals surface area contributed by atoms with Gasteiger partial charge in [-0.1, -0.05) is 30.7 Å². The molecule has 4 unspecified atom stereocenters. The molecule has 1 fully saturated rings. The van der Waals surface area contributed by atoms with Crippen LogP contribution in [0.5, 0.6) is 0 Å². The lowest BCUT2D eigenvalue weighted by molar-refractivity contribution is -0.385. The number of rotatable bonds is 1.